The molecule has 0 aliphatic rings. The Morgan fingerprint density at radius 3 is 1.59 bits per heavy atom. The van der Waals surface area contributed by atoms with E-state index in [2.05, 4.69) is 20.6 Å². The molecule has 0 aliphatic carbocycles. The van der Waals surface area contributed by atoms with Gasteiger partial charge in [-0.25, -0.2) is 9.97 Å². The zero-order valence-corrected chi connectivity index (χ0v) is 12.6. The van der Waals surface area contributed by atoms with E-state index in [-0.39, 0.29) is 24.7 Å². The van der Waals surface area contributed by atoms with E-state index in [0.29, 0.717) is 11.6 Å². The lowest BCUT2D eigenvalue weighted by molar-refractivity contribution is -0.121. The van der Waals surface area contributed by atoms with Crippen LogP contribution in [0.3, 0.4) is 0 Å². The van der Waals surface area contributed by atoms with E-state index >= 15 is 0 Å². The van der Waals surface area contributed by atoms with Gasteiger partial charge in [0.2, 0.25) is 11.8 Å². The number of amides is 2. The van der Waals surface area contributed by atoms with Gasteiger partial charge < -0.3 is 10.6 Å². The Morgan fingerprint density at radius 2 is 1.23 bits per heavy atom. The molecule has 2 amide bonds. The van der Waals surface area contributed by atoms with Crippen molar-refractivity contribution in [2.24, 2.45) is 0 Å². The van der Waals surface area contributed by atoms with Crippen molar-refractivity contribution in [2.75, 3.05) is 10.6 Å². The van der Waals surface area contributed by atoms with Crippen LogP contribution >= 0.6 is 0 Å². The highest BCUT2D eigenvalue weighted by Crippen LogP contribution is 2.07. The summed E-state index contributed by atoms with van der Waals surface area (Å²) in [6.07, 6.45) is 0.181. The second kappa shape index (κ2) is 7.31. The van der Waals surface area contributed by atoms with Gasteiger partial charge in [-0.15, -0.1) is 0 Å². The van der Waals surface area contributed by atoms with Gasteiger partial charge in [-0.2, -0.15) is 0 Å². The minimum Gasteiger partial charge on any atom is -0.311 e. The van der Waals surface area contributed by atoms with Crippen molar-refractivity contribution in [1.82, 2.24) is 9.97 Å². The topological polar surface area (TPSA) is 84.0 Å². The molecule has 0 spiro atoms. The smallest absolute Gasteiger partial charge is 0.226 e. The van der Waals surface area contributed by atoms with Crippen LogP contribution in [0.25, 0.3) is 0 Å². The van der Waals surface area contributed by atoms with Crippen LogP contribution < -0.4 is 10.6 Å². The van der Waals surface area contributed by atoms with Gasteiger partial charge in [0, 0.05) is 24.2 Å². The summed E-state index contributed by atoms with van der Waals surface area (Å²) >= 11 is 0. The first-order valence-corrected chi connectivity index (χ1v) is 7.00. The van der Waals surface area contributed by atoms with Crippen LogP contribution in [0.5, 0.6) is 0 Å². The molecule has 0 radical (unpaired) electrons. The zero-order valence-electron chi connectivity index (χ0n) is 12.6. The maximum Gasteiger partial charge on any atom is 0.226 e. The van der Waals surface area contributed by atoms with Crippen molar-refractivity contribution in [3.8, 4) is 0 Å². The average molecular weight is 298 g/mol. The molecule has 0 fully saturated rings. The number of rotatable bonds is 5. The molecule has 2 rings (SSSR count). The van der Waals surface area contributed by atoms with Crippen molar-refractivity contribution >= 4 is 23.5 Å². The molecular formula is C16H18N4O2. The lowest BCUT2D eigenvalue weighted by Gasteiger charge is -2.06. The Hall–Kier alpha value is -2.76. The molecule has 0 saturated heterocycles. The van der Waals surface area contributed by atoms with Crippen LogP contribution in [0.4, 0.5) is 11.6 Å². The largest absolute Gasteiger partial charge is 0.311 e. The summed E-state index contributed by atoms with van der Waals surface area (Å²) < 4.78 is 0. The minimum absolute atomic E-state index is 0.0905. The van der Waals surface area contributed by atoms with Crippen molar-refractivity contribution in [3.63, 3.8) is 0 Å². The Balaban J connectivity index is 1.79. The maximum absolute atomic E-state index is 11.8. The van der Waals surface area contributed by atoms with Crippen molar-refractivity contribution in [1.29, 1.82) is 0 Å². The molecule has 0 saturated carbocycles. The highest BCUT2D eigenvalue weighted by atomic mass is 16.2. The predicted octanol–water partition coefficient (Wildman–Crippen LogP) is 2.45. The van der Waals surface area contributed by atoms with E-state index in [9.17, 15) is 9.59 Å². The molecule has 0 atom stereocenters. The molecular weight excluding hydrogens is 280 g/mol. The van der Waals surface area contributed by atoms with E-state index in [1.807, 2.05) is 38.1 Å². The molecule has 2 N–H and O–H groups in total. The van der Waals surface area contributed by atoms with Gasteiger partial charge in [0.25, 0.3) is 0 Å². The Bertz CT molecular complexity index is 626. The molecule has 6 heteroatoms. The molecule has 6 nitrogen and oxygen atoms in total. The molecule has 2 aromatic rings. The van der Waals surface area contributed by atoms with Crippen LogP contribution in [0.2, 0.25) is 0 Å². The summed E-state index contributed by atoms with van der Waals surface area (Å²) in [6, 6.07) is 10.7. The first kappa shape index (κ1) is 15.6. The van der Waals surface area contributed by atoms with Crippen LogP contribution in [0.1, 0.15) is 24.2 Å². The molecule has 0 unspecified atom stereocenters. The second-order valence-corrected chi connectivity index (χ2v) is 4.92. The fourth-order valence-corrected chi connectivity index (χ4v) is 1.86. The van der Waals surface area contributed by atoms with Crippen LogP contribution in [0.15, 0.2) is 36.4 Å². The Labute approximate surface area is 129 Å². The van der Waals surface area contributed by atoms with Crippen LogP contribution in [-0.4, -0.2) is 21.8 Å². The standard InChI is InChI=1S/C16H18N4O2/c1-11-5-3-7-13(17-11)19-15(21)9-10-16(22)20-14-8-4-6-12(2)18-14/h3-8H,9-10H2,1-2H3,(H,17,19,21)(H,18,20,22). The number of nitrogens with one attached hydrogen (secondary N) is 2. The number of hydrogen-bond acceptors (Lipinski definition) is 4. The molecule has 22 heavy (non-hydrogen) atoms. The monoisotopic (exact) mass is 298 g/mol. The van der Waals surface area contributed by atoms with E-state index in [4.69, 9.17) is 0 Å². The van der Waals surface area contributed by atoms with E-state index < -0.39 is 0 Å². The van der Waals surface area contributed by atoms with Crippen molar-refractivity contribution in [3.05, 3.63) is 47.8 Å². The fourth-order valence-electron chi connectivity index (χ4n) is 1.86. The molecule has 0 aromatic carbocycles. The molecule has 2 aromatic heterocycles. The third kappa shape index (κ3) is 4.97. The Morgan fingerprint density at radius 1 is 0.818 bits per heavy atom. The van der Waals surface area contributed by atoms with Gasteiger partial charge >= 0.3 is 0 Å². The normalized spacial score (nSPS) is 10.1. The van der Waals surface area contributed by atoms with Gasteiger partial charge in [0.15, 0.2) is 0 Å². The summed E-state index contributed by atoms with van der Waals surface area (Å²) in [5, 5.41) is 5.33. The van der Waals surface area contributed by atoms with Crippen molar-refractivity contribution < 1.29 is 9.59 Å². The van der Waals surface area contributed by atoms with Gasteiger partial charge in [-0.3, -0.25) is 9.59 Å². The highest BCUT2D eigenvalue weighted by molar-refractivity contribution is 5.96. The number of anilines is 2. The highest BCUT2D eigenvalue weighted by Gasteiger charge is 2.08. The zero-order chi connectivity index (χ0) is 15.9. The first-order valence-electron chi connectivity index (χ1n) is 7.00. The third-order valence-corrected chi connectivity index (χ3v) is 2.89. The first-order chi connectivity index (χ1) is 10.5. The van der Waals surface area contributed by atoms with Crippen LogP contribution in [0, 0.1) is 13.8 Å². The summed E-state index contributed by atoms with van der Waals surface area (Å²) in [7, 11) is 0. The summed E-state index contributed by atoms with van der Waals surface area (Å²) in [5.41, 5.74) is 1.64. The maximum atomic E-state index is 11.8. The van der Waals surface area contributed by atoms with Crippen LogP contribution in [-0.2, 0) is 9.59 Å². The summed E-state index contributed by atoms with van der Waals surface area (Å²) in [6.45, 7) is 3.69. The Kier molecular flexibility index (Phi) is 5.19. The van der Waals surface area contributed by atoms with Crippen molar-refractivity contribution in [2.45, 2.75) is 26.7 Å². The SMILES string of the molecule is Cc1cccc(NC(=O)CCC(=O)Nc2cccc(C)n2)n1. The number of aromatic nitrogens is 2. The second-order valence-electron chi connectivity index (χ2n) is 4.92. The van der Waals surface area contributed by atoms with E-state index in [0.717, 1.165) is 11.4 Å². The van der Waals surface area contributed by atoms with Gasteiger partial charge in [-0.05, 0) is 38.1 Å². The van der Waals surface area contributed by atoms with Gasteiger partial charge in [-0.1, -0.05) is 12.1 Å². The number of carbonyl (C=O) groups is 2. The number of aryl methyl sites for hydroxylation is 2. The fraction of sp³-hybridized carbons (Fsp3) is 0.250. The number of hydrogen-bond donors (Lipinski definition) is 2. The average Bonchev–Trinajstić information content (AvgIpc) is 2.45. The summed E-state index contributed by atoms with van der Waals surface area (Å²) in [4.78, 5) is 31.9. The predicted molar refractivity (Wildman–Crippen MR) is 84.4 cm³/mol. The van der Waals surface area contributed by atoms with Gasteiger partial charge in [0.1, 0.15) is 11.6 Å². The lowest BCUT2D eigenvalue weighted by Crippen LogP contribution is -2.18. The minimum atomic E-state index is -0.245. The van der Waals surface area contributed by atoms with E-state index in [1.54, 1.807) is 12.1 Å². The van der Waals surface area contributed by atoms with Gasteiger partial charge in [0.05, 0.1) is 0 Å². The lowest BCUT2D eigenvalue weighted by atomic mass is 10.2. The number of pyridine rings is 2. The molecule has 2 heterocycles. The molecule has 0 aliphatic heterocycles. The third-order valence-electron chi connectivity index (χ3n) is 2.89. The number of carbonyl (C=O) groups excluding carboxylic acids is 2. The summed E-state index contributed by atoms with van der Waals surface area (Å²) in [5.74, 6) is 0.493. The molecule has 0 bridgehead atoms. The number of nitrogens with zero attached hydrogens (tertiary/aromatic N) is 2. The molecule has 114 valence electrons. The van der Waals surface area contributed by atoms with E-state index in [1.165, 1.54) is 0 Å². The quantitative estimate of drug-likeness (QED) is 0.888.